The Morgan fingerprint density at radius 1 is 1.04 bits per heavy atom. The maximum absolute atomic E-state index is 11.4. The quantitative estimate of drug-likeness (QED) is 0.516. The lowest BCUT2D eigenvalue weighted by molar-refractivity contribution is -0.142. The van der Waals surface area contributed by atoms with E-state index in [1.165, 1.54) is 23.4 Å². The molecule has 0 spiro atoms. The first kappa shape index (κ1) is 16.1. The molecule has 4 rings (SSSR count). The third-order valence-electron chi connectivity index (χ3n) is 4.34. The zero-order valence-corrected chi connectivity index (χ0v) is 14.4. The van der Waals surface area contributed by atoms with Gasteiger partial charge in [0.05, 0.1) is 19.0 Å². The second kappa shape index (κ2) is 6.88. The number of hydrogen-bond acceptors (Lipinski definition) is 4. The highest BCUT2D eigenvalue weighted by atomic mass is 16.6. The molecule has 0 N–H and O–H groups in total. The van der Waals surface area contributed by atoms with Crippen LogP contribution in [0, 0.1) is 0 Å². The fourth-order valence-electron chi connectivity index (χ4n) is 3.06. The Bertz CT molecular complexity index is 1080. The van der Waals surface area contributed by atoms with Crippen LogP contribution in [0.4, 0.5) is 0 Å². The fourth-order valence-corrected chi connectivity index (χ4v) is 3.06. The summed E-state index contributed by atoms with van der Waals surface area (Å²) in [4.78, 5) is 15.8. The van der Waals surface area contributed by atoms with Crippen LogP contribution in [0.15, 0.2) is 67.0 Å². The van der Waals surface area contributed by atoms with Crippen LogP contribution in [-0.2, 0) is 16.1 Å². The number of imidazole rings is 1. The van der Waals surface area contributed by atoms with E-state index in [2.05, 4.69) is 40.1 Å². The van der Waals surface area contributed by atoms with Crippen LogP contribution >= 0.6 is 0 Å². The van der Waals surface area contributed by atoms with Crippen molar-refractivity contribution >= 4 is 27.8 Å². The van der Waals surface area contributed by atoms with Gasteiger partial charge in [0.1, 0.15) is 11.3 Å². The number of ether oxygens (including phenoxy) is 2. The number of carbonyl (C=O) groups excluding carboxylic acids is 1. The topological polar surface area (TPSA) is 53.4 Å². The first-order valence-electron chi connectivity index (χ1n) is 8.36. The van der Waals surface area contributed by atoms with Crippen LogP contribution in [0.25, 0.3) is 21.8 Å². The van der Waals surface area contributed by atoms with Gasteiger partial charge in [-0.15, -0.1) is 0 Å². The van der Waals surface area contributed by atoms with Crippen molar-refractivity contribution in [3.8, 4) is 5.75 Å². The molecule has 5 heteroatoms. The molecule has 3 aromatic carbocycles. The lowest BCUT2D eigenvalue weighted by atomic mass is 10.1. The summed E-state index contributed by atoms with van der Waals surface area (Å²) in [5, 5.41) is 2.42. The highest BCUT2D eigenvalue weighted by Gasteiger charge is 2.11. The van der Waals surface area contributed by atoms with Crippen LogP contribution < -0.4 is 4.74 Å². The Morgan fingerprint density at radius 2 is 1.88 bits per heavy atom. The second-order valence-electron chi connectivity index (χ2n) is 6.04. The number of carbonyl (C=O) groups is 1. The molecular formula is C21H18N2O3. The SMILES string of the molecule is COC(=O)COc1cccc2ncn(Cc3ccc4ccccc4c3)c12. The number of nitrogens with zero attached hydrogens (tertiary/aromatic N) is 2. The van der Waals surface area contributed by atoms with E-state index in [9.17, 15) is 4.79 Å². The Morgan fingerprint density at radius 3 is 2.73 bits per heavy atom. The van der Waals surface area contributed by atoms with Gasteiger partial charge in [-0.1, -0.05) is 42.5 Å². The van der Waals surface area contributed by atoms with E-state index in [0.717, 1.165) is 11.0 Å². The molecule has 1 aromatic heterocycles. The van der Waals surface area contributed by atoms with E-state index in [1.54, 1.807) is 6.33 Å². The highest BCUT2D eigenvalue weighted by Crippen LogP contribution is 2.26. The number of hydrogen-bond donors (Lipinski definition) is 0. The Hall–Kier alpha value is -3.34. The van der Waals surface area contributed by atoms with Gasteiger partial charge in [0.15, 0.2) is 6.61 Å². The average Bonchev–Trinajstić information content (AvgIpc) is 3.09. The summed E-state index contributed by atoms with van der Waals surface area (Å²) in [7, 11) is 1.34. The molecule has 0 saturated heterocycles. The van der Waals surface area contributed by atoms with Gasteiger partial charge in [0, 0.05) is 6.54 Å². The maximum atomic E-state index is 11.4. The molecule has 0 fully saturated rings. The van der Waals surface area contributed by atoms with Crippen molar-refractivity contribution in [2.24, 2.45) is 0 Å². The molecule has 26 heavy (non-hydrogen) atoms. The molecule has 0 aliphatic rings. The number of para-hydroxylation sites is 1. The average molecular weight is 346 g/mol. The van der Waals surface area contributed by atoms with E-state index in [1.807, 2.05) is 34.9 Å². The summed E-state index contributed by atoms with van der Waals surface area (Å²) in [6.45, 7) is 0.538. The molecule has 1 heterocycles. The summed E-state index contributed by atoms with van der Waals surface area (Å²) in [6, 6.07) is 20.3. The zero-order valence-electron chi connectivity index (χ0n) is 14.4. The first-order chi connectivity index (χ1) is 12.7. The minimum Gasteiger partial charge on any atom is -0.480 e. The molecule has 0 aliphatic carbocycles. The molecule has 0 radical (unpaired) electrons. The molecule has 0 bridgehead atoms. The van der Waals surface area contributed by atoms with Gasteiger partial charge >= 0.3 is 5.97 Å². The lowest BCUT2D eigenvalue weighted by Crippen LogP contribution is -2.13. The molecule has 0 unspecified atom stereocenters. The van der Waals surface area contributed by atoms with E-state index >= 15 is 0 Å². The summed E-state index contributed by atoms with van der Waals surface area (Å²) in [6.07, 6.45) is 1.80. The van der Waals surface area contributed by atoms with E-state index in [0.29, 0.717) is 12.3 Å². The van der Waals surface area contributed by atoms with Crippen molar-refractivity contribution in [1.29, 1.82) is 0 Å². The molecule has 0 saturated carbocycles. The van der Waals surface area contributed by atoms with Gasteiger partial charge in [0.25, 0.3) is 0 Å². The lowest BCUT2D eigenvalue weighted by Gasteiger charge is -2.10. The predicted octanol–water partition coefficient (Wildman–Crippen LogP) is 3.79. The number of aromatic nitrogens is 2. The number of rotatable bonds is 5. The number of esters is 1. The molecule has 4 aromatic rings. The summed E-state index contributed by atoms with van der Waals surface area (Å²) < 4.78 is 12.3. The molecular weight excluding hydrogens is 328 g/mol. The fraction of sp³-hybridized carbons (Fsp3) is 0.143. The molecule has 5 nitrogen and oxygen atoms in total. The van der Waals surface area contributed by atoms with Crippen LogP contribution in [0.3, 0.4) is 0 Å². The van der Waals surface area contributed by atoms with Gasteiger partial charge in [-0.05, 0) is 34.5 Å². The van der Waals surface area contributed by atoms with Crippen molar-refractivity contribution < 1.29 is 14.3 Å². The maximum Gasteiger partial charge on any atom is 0.343 e. The summed E-state index contributed by atoms with van der Waals surface area (Å²) in [5.74, 6) is 0.203. The summed E-state index contributed by atoms with van der Waals surface area (Å²) >= 11 is 0. The van der Waals surface area contributed by atoms with Crippen molar-refractivity contribution in [3.05, 3.63) is 72.6 Å². The van der Waals surface area contributed by atoms with Crippen molar-refractivity contribution in [2.45, 2.75) is 6.54 Å². The number of methoxy groups -OCH3 is 1. The third-order valence-corrected chi connectivity index (χ3v) is 4.34. The van der Waals surface area contributed by atoms with Crippen molar-refractivity contribution in [1.82, 2.24) is 9.55 Å². The smallest absolute Gasteiger partial charge is 0.343 e. The Balaban J connectivity index is 1.68. The Kier molecular flexibility index (Phi) is 4.27. The minimum atomic E-state index is -0.414. The van der Waals surface area contributed by atoms with E-state index < -0.39 is 5.97 Å². The molecule has 130 valence electrons. The summed E-state index contributed by atoms with van der Waals surface area (Å²) in [5.41, 5.74) is 2.86. The van der Waals surface area contributed by atoms with Crippen LogP contribution in [0.2, 0.25) is 0 Å². The van der Waals surface area contributed by atoms with E-state index in [-0.39, 0.29) is 6.61 Å². The van der Waals surface area contributed by atoms with E-state index in [4.69, 9.17) is 4.74 Å². The molecule has 0 atom stereocenters. The van der Waals surface area contributed by atoms with Gasteiger partial charge in [-0.25, -0.2) is 9.78 Å². The van der Waals surface area contributed by atoms with Gasteiger partial charge in [0.2, 0.25) is 0 Å². The van der Waals surface area contributed by atoms with Crippen molar-refractivity contribution in [3.63, 3.8) is 0 Å². The zero-order chi connectivity index (χ0) is 17.9. The predicted molar refractivity (Wildman–Crippen MR) is 100 cm³/mol. The van der Waals surface area contributed by atoms with Crippen LogP contribution in [0.1, 0.15) is 5.56 Å². The number of fused-ring (bicyclic) bond motifs is 2. The monoisotopic (exact) mass is 346 g/mol. The highest BCUT2D eigenvalue weighted by molar-refractivity contribution is 5.84. The first-order valence-corrected chi connectivity index (χ1v) is 8.36. The normalized spacial score (nSPS) is 11.0. The van der Waals surface area contributed by atoms with Crippen LogP contribution in [0.5, 0.6) is 5.75 Å². The number of benzene rings is 3. The second-order valence-corrected chi connectivity index (χ2v) is 6.04. The third kappa shape index (κ3) is 3.11. The molecule has 0 aliphatic heterocycles. The van der Waals surface area contributed by atoms with Crippen LogP contribution in [-0.4, -0.2) is 29.2 Å². The Labute approximate surface area is 150 Å². The van der Waals surface area contributed by atoms with Gasteiger partial charge < -0.3 is 14.0 Å². The minimum absolute atomic E-state index is 0.128. The largest absolute Gasteiger partial charge is 0.480 e. The molecule has 0 amide bonds. The van der Waals surface area contributed by atoms with Crippen molar-refractivity contribution in [2.75, 3.05) is 13.7 Å². The van der Waals surface area contributed by atoms with Gasteiger partial charge in [-0.3, -0.25) is 0 Å². The standard InChI is InChI=1S/C21H18N2O3/c1-25-20(24)13-26-19-8-4-7-18-21(19)23(14-22-18)12-15-9-10-16-5-2-3-6-17(16)11-15/h2-11,14H,12-13H2,1H3. The van der Waals surface area contributed by atoms with Gasteiger partial charge in [-0.2, -0.15) is 0 Å².